The average Bonchev–Trinajstić information content (AvgIpc) is 3.61. The van der Waals surface area contributed by atoms with Crippen LogP contribution in [0, 0.1) is 6.92 Å². The van der Waals surface area contributed by atoms with Crippen molar-refractivity contribution >= 4 is 22.6 Å². The van der Waals surface area contributed by atoms with E-state index in [4.69, 9.17) is 0 Å². The number of likely N-dealkylation sites (N-methyl/N-ethyl adjacent to an activating group) is 1. The van der Waals surface area contributed by atoms with Gasteiger partial charge < -0.3 is 10.2 Å². The first-order valence-electron chi connectivity index (χ1n) is 13.9. The molecule has 0 unspecified atom stereocenters. The molecule has 3 aromatic heterocycles. The summed E-state index contributed by atoms with van der Waals surface area (Å²) < 4.78 is 43.8. The molecule has 1 aliphatic heterocycles. The molecule has 5 aromatic rings. The Labute approximate surface area is 245 Å². The van der Waals surface area contributed by atoms with Crippen molar-refractivity contribution in [1.82, 2.24) is 40.0 Å². The minimum absolute atomic E-state index is 0.0731. The molecule has 0 atom stereocenters. The number of aryl methyl sites for hydroxylation is 1. The van der Waals surface area contributed by atoms with Crippen LogP contribution in [0.25, 0.3) is 28.0 Å². The lowest BCUT2D eigenvalue weighted by atomic mass is 10.0. The van der Waals surface area contributed by atoms with Crippen LogP contribution < -0.4 is 5.32 Å². The van der Waals surface area contributed by atoms with Crippen molar-refractivity contribution in [3.63, 3.8) is 0 Å². The van der Waals surface area contributed by atoms with Crippen molar-refractivity contribution in [2.75, 3.05) is 38.5 Å². The van der Waals surface area contributed by atoms with E-state index in [1.807, 2.05) is 24.9 Å². The number of carbonyl (C=O) groups excluding carboxylic acids is 1. The number of benzene rings is 2. The van der Waals surface area contributed by atoms with Crippen molar-refractivity contribution in [2.24, 2.45) is 0 Å². The van der Waals surface area contributed by atoms with E-state index >= 15 is 0 Å². The minimum Gasteiger partial charge on any atom is -0.322 e. The Morgan fingerprint density at radius 3 is 2.74 bits per heavy atom. The second kappa shape index (κ2) is 11.6. The largest absolute Gasteiger partial charge is 0.416 e. The fraction of sp³-hybridized carbons (Fsp3) is 0.300. The quantitative estimate of drug-likeness (QED) is 0.290. The van der Waals surface area contributed by atoms with Crippen LogP contribution in [0.5, 0.6) is 0 Å². The number of H-pyrrole nitrogens is 1. The summed E-state index contributed by atoms with van der Waals surface area (Å²) in [6.45, 7) is 5.23. The van der Waals surface area contributed by atoms with Gasteiger partial charge in [-0.05, 0) is 74.9 Å². The van der Waals surface area contributed by atoms with Gasteiger partial charge in [-0.25, -0.2) is 9.67 Å². The van der Waals surface area contributed by atoms with Crippen LogP contribution in [-0.2, 0) is 12.7 Å². The summed E-state index contributed by atoms with van der Waals surface area (Å²) in [4.78, 5) is 21.8. The van der Waals surface area contributed by atoms with Gasteiger partial charge in [0.2, 0.25) is 0 Å². The Bertz CT molecular complexity index is 1780. The number of fused-ring (bicyclic) bond motifs is 1. The Balaban J connectivity index is 1.21. The molecule has 0 radical (unpaired) electrons. The zero-order chi connectivity index (χ0) is 30.1. The minimum atomic E-state index is -4.56. The zero-order valence-corrected chi connectivity index (χ0v) is 23.7. The standard InChI is InChI=1S/C30H30F3N9O/c1-19-4-5-20(13-27(19)42-18-26(37-39-42)22-12-23-16-35-38-28(23)34-15-22)29(43)36-24-7-6-21(25(14-24)30(31,32)33)17-41-9-3-8-40(2)10-11-41/h4-7,12-16,18H,3,8-11,17H2,1-2H3,(H,36,43)(H,34,35,38). The highest BCUT2D eigenvalue weighted by Gasteiger charge is 2.34. The molecule has 0 bridgehead atoms. The number of nitrogens with one attached hydrogen (secondary N) is 2. The summed E-state index contributed by atoms with van der Waals surface area (Å²) in [5.41, 5.74) is 3.22. The SMILES string of the molecule is Cc1ccc(C(=O)Nc2ccc(CN3CCCN(C)CC3)c(C(F)(F)F)c2)cc1-n1cc(-c2cnc3[nH]ncc3c2)nn1. The monoisotopic (exact) mass is 589 g/mol. The van der Waals surface area contributed by atoms with Gasteiger partial charge in [0.25, 0.3) is 5.91 Å². The lowest BCUT2D eigenvalue weighted by molar-refractivity contribution is -0.138. The first kappa shape index (κ1) is 28.5. The number of carbonyl (C=O) groups is 1. The number of halogens is 3. The number of alkyl halides is 3. The summed E-state index contributed by atoms with van der Waals surface area (Å²) in [5.74, 6) is -0.535. The van der Waals surface area contributed by atoms with E-state index in [1.165, 1.54) is 12.1 Å². The van der Waals surface area contributed by atoms with Gasteiger partial charge in [0, 0.05) is 48.0 Å². The summed E-state index contributed by atoms with van der Waals surface area (Å²) >= 11 is 0. The number of aromatic amines is 1. The molecule has 0 spiro atoms. The van der Waals surface area contributed by atoms with Crippen molar-refractivity contribution < 1.29 is 18.0 Å². The summed E-state index contributed by atoms with van der Waals surface area (Å²) in [7, 11) is 2.02. The Kier molecular flexibility index (Phi) is 7.67. The number of hydrogen-bond acceptors (Lipinski definition) is 7. The number of pyridine rings is 1. The zero-order valence-electron chi connectivity index (χ0n) is 23.7. The number of hydrogen-bond donors (Lipinski definition) is 2. The second-order valence-corrected chi connectivity index (χ2v) is 10.8. The average molecular weight is 590 g/mol. The van der Waals surface area contributed by atoms with Crippen molar-refractivity contribution in [3.05, 3.63) is 83.3 Å². The van der Waals surface area contributed by atoms with Gasteiger partial charge in [-0.1, -0.05) is 17.3 Å². The molecule has 1 fully saturated rings. The normalized spacial score (nSPS) is 15.1. The van der Waals surface area contributed by atoms with Gasteiger partial charge in [0.1, 0.15) is 5.69 Å². The molecular formula is C30H30F3N9O. The summed E-state index contributed by atoms with van der Waals surface area (Å²) in [6, 6.07) is 10.9. The molecule has 43 heavy (non-hydrogen) atoms. The maximum atomic E-state index is 14.1. The van der Waals surface area contributed by atoms with Crippen LogP contribution in [0.15, 0.2) is 61.1 Å². The molecule has 1 saturated heterocycles. The molecule has 0 aliphatic carbocycles. The van der Waals surface area contributed by atoms with Crippen LogP contribution in [-0.4, -0.2) is 79.1 Å². The molecule has 222 valence electrons. The molecule has 1 aliphatic rings. The van der Waals surface area contributed by atoms with Crippen LogP contribution in [0.2, 0.25) is 0 Å². The predicted molar refractivity (Wildman–Crippen MR) is 156 cm³/mol. The Morgan fingerprint density at radius 1 is 1.05 bits per heavy atom. The highest BCUT2D eigenvalue weighted by Crippen LogP contribution is 2.35. The van der Waals surface area contributed by atoms with E-state index in [-0.39, 0.29) is 23.4 Å². The number of anilines is 1. The van der Waals surface area contributed by atoms with E-state index in [0.29, 0.717) is 23.6 Å². The molecule has 1 amide bonds. The van der Waals surface area contributed by atoms with Crippen LogP contribution in [0.1, 0.15) is 33.5 Å². The fourth-order valence-electron chi connectivity index (χ4n) is 5.25. The van der Waals surface area contributed by atoms with Crippen LogP contribution >= 0.6 is 0 Å². The lowest BCUT2D eigenvalue weighted by Crippen LogP contribution is -2.29. The van der Waals surface area contributed by atoms with E-state index in [9.17, 15) is 18.0 Å². The van der Waals surface area contributed by atoms with Gasteiger partial charge in [-0.15, -0.1) is 5.10 Å². The molecule has 0 saturated carbocycles. The van der Waals surface area contributed by atoms with Gasteiger partial charge in [0.05, 0.1) is 23.6 Å². The number of rotatable bonds is 6. The highest BCUT2D eigenvalue weighted by atomic mass is 19.4. The molecular weight excluding hydrogens is 559 g/mol. The van der Waals surface area contributed by atoms with E-state index in [1.54, 1.807) is 41.5 Å². The van der Waals surface area contributed by atoms with E-state index in [2.05, 4.69) is 35.7 Å². The molecule has 10 nitrogen and oxygen atoms in total. The first-order chi connectivity index (χ1) is 20.6. The predicted octanol–water partition coefficient (Wildman–Crippen LogP) is 4.92. The van der Waals surface area contributed by atoms with Gasteiger partial charge in [0.15, 0.2) is 5.65 Å². The molecule has 2 aromatic carbocycles. The third kappa shape index (κ3) is 6.27. The molecule has 13 heteroatoms. The van der Waals surface area contributed by atoms with Crippen LogP contribution in [0.4, 0.5) is 18.9 Å². The summed E-state index contributed by atoms with van der Waals surface area (Å²) in [6.07, 6.45) is 1.40. The molecule has 4 heterocycles. The maximum absolute atomic E-state index is 14.1. The third-order valence-corrected chi connectivity index (χ3v) is 7.68. The lowest BCUT2D eigenvalue weighted by Gasteiger charge is -2.23. The van der Waals surface area contributed by atoms with Crippen molar-refractivity contribution in [3.8, 4) is 16.9 Å². The second-order valence-electron chi connectivity index (χ2n) is 10.8. The number of amides is 1. The Morgan fingerprint density at radius 2 is 1.91 bits per heavy atom. The molecule has 6 rings (SSSR count). The Hall–Kier alpha value is -4.62. The van der Waals surface area contributed by atoms with Crippen molar-refractivity contribution in [2.45, 2.75) is 26.1 Å². The number of nitrogens with zero attached hydrogens (tertiary/aromatic N) is 7. The number of aromatic nitrogens is 6. The van der Waals surface area contributed by atoms with Gasteiger partial charge in [-0.3, -0.25) is 14.8 Å². The van der Waals surface area contributed by atoms with E-state index in [0.717, 1.165) is 48.6 Å². The van der Waals surface area contributed by atoms with Gasteiger partial charge in [-0.2, -0.15) is 18.3 Å². The van der Waals surface area contributed by atoms with Crippen LogP contribution in [0.3, 0.4) is 0 Å². The maximum Gasteiger partial charge on any atom is 0.416 e. The van der Waals surface area contributed by atoms with E-state index < -0.39 is 17.6 Å². The highest BCUT2D eigenvalue weighted by molar-refractivity contribution is 6.04. The van der Waals surface area contributed by atoms with Gasteiger partial charge >= 0.3 is 6.18 Å². The topological polar surface area (TPSA) is 108 Å². The first-order valence-corrected chi connectivity index (χ1v) is 13.9. The van der Waals surface area contributed by atoms with Crippen molar-refractivity contribution in [1.29, 1.82) is 0 Å². The summed E-state index contributed by atoms with van der Waals surface area (Å²) in [5, 5.41) is 18.7. The smallest absolute Gasteiger partial charge is 0.322 e. The third-order valence-electron chi connectivity index (χ3n) is 7.68. The molecule has 2 N–H and O–H groups in total. The fourth-order valence-corrected chi connectivity index (χ4v) is 5.25.